The molecule has 22 heavy (non-hydrogen) atoms. The molecule has 2 rings (SSSR count). The molecular weight excluding hydrogens is 386 g/mol. The van der Waals surface area contributed by atoms with Gasteiger partial charge < -0.3 is 10.1 Å². The van der Waals surface area contributed by atoms with Crippen molar-refractivity contribution < 1.29 is 17.9 Å². The van der Waals surface area contributed by atoms with Crippen LogP contribution in [0, 0.1) is 5.41 Å². The molecule has 0 aliphatic heterocycles. The number of ether oxygens (including phenoxy) is 1. The van der Waals surface area contributed by atoms with Crippen LogP contribution >= 0.6 is 46.1 Å². The largest absolute Gasteiger partial charge is 0.573 e. The number of hydrogen-bond acceptors (Lipinski definition) is 4. The Hall–Kier alpha value is -0.960. The fraction of sp³-hybridized carbons (Fsp3) is 0.273. The Kier molecular flexibility index (Phi) is 4.96. The van der Waals surface area contributed by atoms with Gasteiger partial charge >= 0.3 is 6.36 Å². The molecule has 120 valence electrons. The number of nitrogens with one attached hydrogen (secondary N) is 2. The lowest BCUT2D eigenvalue weighted by atomic mass is 10.3. The maximum Gasteiger partial charge on any atom is 0.573 e. The third-order valence-electron chi connectivity index (χ3n) is 2.23. The molecule has 0 aliphatic rings. The van der Waals surface area contributed by atoms with Gasteiger partial charge in [-0.1, -0.05) is 46.1 Å². The number of thiazole rings is 1. The third-order valence-corrected chi connectivity index (χ3v) is 3.56. The Morgan fingerprint density at radius 1 is 1.32 bits per heavy atom. The molecule has 0 fully saturated rings. The van der Waals surface area contributed by atoms with Crippen molar-refractivity contribution in [2.75, 3.05) is 5.32 Å². The van der Waals surface area contributed by atoms with E-state index in [4.69, 9.17) is 40.2 Å². The number of rotatable bonds is 3. The molecule has 0 amide bonds. The smallest absolute Gasteiger partial charge is 0.406 e. The van der Waals surface area contributed by atoms with Crippen molar-refractivity contribution in [2.45, 2.75) is 16.6 Å². The second-order valence-electron chi connectivity index (χ2n) is 4.09. The van der Waals surface area contributed by atoms with Gasteiger partial charge in [-0.3, -0.25) is 5.41 Å². The topological polar surface area (TPSA) is 58.0 Å². The lowest BCUT2D eigenvalue weighted by molar-refractivity contribution is -0.274. The van der Waals surface area contributed by atoms with Gasteiger partial charge in [0, 0.05) is 6.07 Å². The SMILES string of the molecule is N=C(CC(Cl)(Cl)Cl)Nc1nc2ccc(OC(F)(F)F)cc2s1. The van der Waals surface area contributed by atoms with E-state index in [1.807, 2.05) is 0 Å². The number of hydrogen-bond donors (Lipinski definition) is 2. The van der Waals surface area contributed by atoms with Gasteiger partial charge in [0.05, 0.1) is 16.6 Å². The Balaban J connectivity index is 2.15. The van der Waals surface area contributed by atoms with Crippen molar-refractivity contribution >= 4 is 67.3 Å². The Bertz CT molecular complexity index is 699. The van der Waals surface area contributed by atoms with E-state index < -0.39 is 10.2 Å². The van der Waals surface area contributed by atoms with Crippen molar-refractivity contribution in [1.29, 1.82) is 5.41 Å². The van der Waals surface area contributed by atoms with Crippen molar-refractivity contribution in [3.8, 4) is 5.75 Å². The number of fused-ring (bicyclic) bond motifs is 1. The zero-order chi connectivity index (χ0) is 16.5. The highest BCUT2D eigenvalue weighted by atomic mass is 35.6. The average molecular weight is 393 g/mol. The number of halogens is 6. The summed E-state index contributed by atoms with van der Waals surface area (Å²) in [5, 5.41) is 10.6. The van der Waals surface area contributed by atoms with E-state index in [0.29, 0.717) is 15.3 Å². The molecule has 0 unspecified atom stereocenters. The van der Waals surface area contributed by atoms with Gasteiger partial charge in [-0.25, -0.2) is 4.98 Å². The molecule has 0 bridgehead atoms. The minimum atomic E-state index is -4.76. The van der Waals surface area contributed by atoms with Crippen LogP contribution in [-0.2, 0) is 0 Å². The number of amidine groups is 1. The van der Waals surface area contributed by atoms with Crippen molar-refractivity contribution in [1.82, 2.24) is 4.98 Å². The van der Waals surface area contributed by atoms with Crippen molar-refractivity contribution in [2.24, 2.45) is 0 Å². The van der Waals surface area contributed by atoms with Crippen LogP contribution in [0.3, 0.4) is 0 Å². The molecule has 2 aromatic rings. The van der Waals surface area contributed by atoms with Crippen LogP contribution < -0.4 is 10.1 Å². The minimum Gasteiger partial charge on any atom is -0.406 e. The molecule has 1 aromatic heterocycles. The van der Waals surface area contributed by atoms with E-state index in [1.54, 1.807) is 0 Å². The monoisotopic (exact) mass is 391 g/mol. The molecule has 2 N–H and O–H groups in total. The summed E-state index contributed by atoms with van der Waals surface area (Å²) in [6, 6.07) is 3.76. The summed E-state index contributed by atoms with van der Waals surface area (Å²) in [6.45, 7) is 0. The van der Waals surface area contributed by atoms with Crippen LogP contribution in [0.1, 0.15) is 6.42 Å². The summed E-state index contributed by atoms with van der Waals surface area (Å²) in [7, 11) is 0. The zero-order valence-electron chi connectivity index (χ0n) is 10.5. The number of alkyl halides is 6. The zero-order valence-corrected chi connectivity index (χ0v) is 13.6. The highest BCUT2D eigenvalue weighted by Gasteiger charge is 2.31. The molecule has 1 aromatic carbocycles. The van der Waals surface area contributed by atoms with E-state index in [2.05, 4.69) is 15.0 Å². The number of benzene rings is 1. The van der Waals surface area contributed by atoms with E-state index in [0.717, 1.165) is 17.4 Å². The Labute approximate surface area is 141 Å². The maximum absolute atomic E-state index is 12.2. The number of anilines is 1. The second kappa shape index (κ2) is 6.27. The molecule has 4 nitrogen and oxygen atoms in total. The van der Waals surface area contributed by atoms with Crippen LogP contribution in [-0.4, -0.2) is 21.0 Å². The van der Waals surface area contributed by atoms with E-state index in [1.165, 1.54) is 12.1 Å². The predicted octanol–water partition coefficient (Wildman–Crippen LogP) is 5.34. The summed E-state index contributed by atoms with van der Waals surface area (Å²) in [5.74, 6) is -0.419. The summed E-state index contributed by atoms with van der Waals surface area (Å²) >= 11 is 17.7. The first-order chi connectivity index (χ1) is 10.0. The number of aromatic nitrogens is 1. The normalized spacial score (nSPS) is 12.5. The summed E-state index contributed by atoms with van der Waals surface area (Å²) in [5.41, 5.74) is 0.462. The van der Waals surface area contributed by atoms with Gasteiger partial charge in [0.1, 0.15) is 11.6 Å². The van der Waals surface area contributed by atoms with Crippen LogP contribution in [0.15, 0.2) is 18.2 Å². The van der Waals surface area contributed by atoms with Crippen LogP contribution in [0.2, 0.25) is 0 Å². The third kappa shape index (κ3) is 5.35. The van der Waals surface area contributed by atoms with Gasteiger partial charge in [0.25, 0.3) is 0 Å². The van der Waals surface area contributed by atoms with Crippen molar-refractivity contribution in [3.63, 3.8) is 0 Å². The average Bonchev–Trinajstić information content (AvgIpc) is 2.64. The first-order valence-electron chi connectivity index (χ1n) is 5.59. The number of nitrogens with zero attached hydrogens (tertiary/aromatic N) is 1. The molecular formula is C11H7Cl3F3N3OS. The van der Waals surface area contributed by atoms with Gasteiger partial charge in [-0.2, -0.15) is 0 Å². The lowest BCUT2D eigenvalue weighted by Crippen LogP contribution is -2.18. The fourth-order valence-electron chi connectivity index (χ4n) is 1.53. The Morgan fingerprint density at radius 2 is 2.00 bits per heavy atom. The van der Waals surface area contributed by atoms with Gasteiger partial charge in [0.15, 0.2) is 8.92 Å². The van der Waals surface area contributed by atoms with Gasteiger partial charge in [0.2, 0.25) is 0 Å². The molecule has 11 heteroatoms. The summed E-state index contributed by atoms with van der Waals surface area (Å²) < 4.78 is 39.2. The lowest BCUT2D eigenvalue weighted by Gasteiger charge is -2.11. The highest BCUT2D eigenvalue weighted by molar-refractivity contribution is 7.22. The van der Waals surface area contributed by atoms with Crippen LogP contribution in [0.25, 0.3) is 10.2 Å². The second-order valence-corrected chi connectivity index (χ2v) is 7.64. The highest BCUT2D eigenvalue weighted by Crippen LogP contribution is 2.33. The first-order valence-corrected chi connectivity index (χ1v) is 7.54. The minimum absolute atomic E-state index is 0.0779. The van der Waals surface area contributed by atoms with E-state index in [-0.39, 0.29) is 18.0 Å². The maximum atomic E-state index is 12.2. The van der Waals surface area contributed by atoms with Gasteiger partial charge in [-0.15, -0.1) is 13.2 Å². The standard InChI is InChI=1S/C11H7Cl3F3N3OS/c12-10(13,14)4-8(18)20-9-19-6-2-1-5(3-7(6)22-9)21-11(15,16)17/h1-3H,4H2,(H2,18,19,20). The quantitative estimate of drug-likeness (QED) is 0.421. The van der Waals surface area contributed by atoms with E-state index >= 15 is 0 Å². The summed E-state index contributed by atoms with van der Waals surface area (Å²) in [4.78, 5) is 4.12. The Morgan fingerprint density at radius 3 is 2.59 bits per heavy atom. The molecule has 1 heterocycles. The molecule has 0 radical (unpaired) electrons. The first kappa shape index (κ1) is 17.4. The van der Waals surface area contributed by atoms with Crippen molar-refractivity contribution in [3.05, 3.63) is 18.2 Å². The van der Waals surface area contributed by atoms with Crippen LogP contribution in [0.4, 0.5) is 18.3 Å². The molecule has 0 aliphatic carbocycles. The summed E-state index contributed by atoms with van der Waals surface area (Å²) in [6.07, 6.45) is -4.91. The molecule has 0 spiro atoms. The molecule has 0 saturated heterocycles. The van der Waals surface area contributed by atoms with Gasteiger partial charge in [-0.05, 0) is 12.1 Å². The molecule has 0 saturated carbocycles. The van der Waals surface area contributed by atoms with E-state index in [9.17, 15) is 13.2 Å². The predicted molar refractivity (Wildman–Crippen MR) is 82.6 cm³/mol. The fourth-order valence-corrected chi connectivity index (χ4v) is 2.85. The van der Waals surface area contributed by atoms with Crippen LogP contribution in [0.5, 0.6) is 5.75 Å². The molecule has 0 atom stereocenters.